The van der Waals surface area contributed by atoms with Crippen molar-refractivity contribution in [3.8, 4) is 0 Å². The molecule has 0 radical (unpaired) electrons. The van der Waals surface area contributed by atoms with Crippen molar-refractivity contribution in [3.05, 3.63) is 0 Å². The zero-order valence-corrected chi connectivity index (χ0v) is 12.2. The number of hydrogen-bond donors (Lipinski definition) is 2. The van der Waals surface area contributed by atoms with Crippen LogP contribution in [0.5, 0.6) is 0 Å². The Hall–Kier alpha value is -1.10. The summed E-state index contributed by atoms with van der Waals surface area (Å²) in [6.07, 6.45) is 7.34. The Morgan fingerprint density at radius 3 is 2.45 bits per heavy atom. The van der Waals surface area contributed by atoms with Gasteiger partial charge in [0.2, 0.25) is 5.91 Å². The average molecular weight is 283 g/mol. The third kappa shape index (κ3) is 3.72. The number of carboxylic acids is 1. The van der Waals surface area contributed by atoms with Gasteiger partial charge in [0.1, 0.15) is 6.10 Å². The van der Waals surface area contributed by atoms with Crippen LogP contribution in [0.25, 0.3) is 0 Å². The smallest absolute Gasteiger partial charge is 0.311 e. The molecule has 1 unspecified atom stereocenters. The first kappa shape index (κ1) is 15.3. The van der Waals surface area contributed by atoms with Gasteiger partial charge in [0.05, 0.1) is 11.5 Å². The first-order chi connectivity index (χ1) is 9.57. The molecule has 2 aliphatic carbocycles. The van der Waals surface area contributed by atoms with Crippen molar-refractivity contribution in [3.63, 3.8) is 0 Å². The van der Waals surface area contributed by atoms with E-state index in [1.54, 1.807) is 0 Å². The molecular formula is C15H25NO4. The minimum absolute atomic E-state index is 0.161. The topological polar surface area (TPSA) is 75.6 Å². The molecule has 0 aromatic heterocycles. The molecule has 5 nitrogen and oxygen atoms in total. The van der Waals surface area contributed by atoms with Gasteiger partial charge in [-0.05, 0) is 32.1 Å². The molecule has 0 bridgehead atoms. The lowest BCUT2D eigenvalue weighted by molar-refractivity contribution is -0.144. The molecule has 2 saturated carbocycles. The van der Waals surface area contributed by atoms with Gasteiger partial charge in [-0.25, -0.2) is 0 Å². The minimum atomic E-state index is -0.806. The van der Waals surface area contributed by atoms with E-state index in [-0.39, 0.29) is 18.6 Å². The molecule has 0 aromatic rings. The molecule has 0 spiro atoms. The zero-order valence-electron chi connectivity index (χ0n) is 12.2. The number of rotatable bonds is 7. The van der Waals surface area contributed by atoms with Crippen LogP contribution in [0.1, 0.15) is 58.3 Å². The summed E-state index contributed by atoms with van der Waals surface area (Å²) in [5.74, 6) is -0.968. The molecule has 0 aromatic carbocycles. The number of carboxylic acid groups (broad SMARTS) is 1. The van der Waals surface area contributed by atoms with Crippen LogP contribution in [-0.4, -0.2) is 35.7 Å². The highest BCUT2D eigenvalue weighted by atomic mass is 16.5. The second-order valence-electron chi connectivity index (χ2n) is 6.10. The van der Waals surface area contributed by atoms with Gasteiger partial charge < -0.3 is 15.2 Å². The zero-order chi connectivity index (χ0) is 14.6. The molecule has 0 aliphatic heterocycles. The van der Waals surface area contributed by atoms with Crippen molar-refractivity contribution in [2.45, 2.75) is 70.5 Å². The summed E-state index contributed by atoms with van der Waals surface area (Å²) in [6, 6.07) is 0. The lowest BCUT2D eigenvalue weighted by Gasteiger charge is -2.26. The Labute approximate surface area is 120 Å². The van der Waals surface area contributed by atoms with Crippen LogP contribution in [0.2, 0.25) is 0 Å². The second kappa shape index (κ2) is 6.57. The SMILES string of the molecule is CCC(OC1CCCCC1)C(=O)NCC1(C(=O)O)CC1. The summed E-state index contributed by atoms with van der Waals surface area (Å²) >= 11 is 0. The Morgan fingerprint density at radius 1 is 1.30 bits per heavy atom. The molecule has 0 saturated heterocycles. The molecule has 0 heterocycles. The third-order valence-electron chi connectivity index (χ3n) is 4.48. The van der Waals surface area contributed by atoms with Crippen LogP contribution in [0, 0.1) is 5.41 Å². The van der Waals surface area contributed by atoms with Crippen LogP contribution in [0.4, 0.5) is 0 Å². The second-order valence-corrected chi connectivity index (χ2v) is 6.10. The number of aliphatic carboxylic acids is 1. The van der Waals surface area contributed by atoms with Crippen LogP contribution in [0.15, 0.2) is 0 Å². The fourth-order valence-corrected chi connectivity index (χ4v) is 2.76. The monoisotopic (exact) mass is 283 g/mol. The predicted molar refractivity (Wildman–Crippen MR) is 74.3 cm³/mol. The number of nitrogens with one attached hydrogen (secondary N) is 1. The number of amides is 1. The lowest BCUT2D eigenvalue weighted by Crippen LogP contribution is -2.42. The Morgan fingerprint density at radius 2 is 1.95 bits per heavy atom. The van der Waals surface area contributed by atoms with E-state index < -0.39 is 17.5 Å². The molecule has 2 rings (SSSR count). The van der Waals surface area contributed by atoms with Crippen LogP contribution in [-0.2, 0) is 14.3 Å². The normalized spacial score (nSPS) is 23.1. The van der Waals surface area contributed by atoms with E-state index in [1.807, 2.05) is 6.92 Å². The summed E-state index contributed by atoms with van der Waals surface area (Å²) in [6.45, 7) is 2.16. The van der Waals surface area contributed by atoms with Crippen molar-refractivity contribution in [2.75, 3.05) is 6.54 Å². The molecule has 5 heteroatoms. The maximum Gasteiger partial charge on any atom is 0.311 e. The summed E-state index contributed by atoms with van der Waals surface area (Å²) in [4.78, 5) is 23.2. The quantitative estimate of drug-likeness (QED) is 0.750. The third-order valence-corrected chi connectivity index (χ3v) is 4.48. The molecule has 2 N–H and O–H groups in total. The van der Waals surface area contributed by atoms with Gasteiger partial charge in [-0.15, -0.1) is 0 Å². The average Bonchev–Trinajstić information content (AvgIpc) is 3.24. The predicted octanol–water partition coefficient (Wildman–Crippen LogP) is 2.10. The molecular weight excluding hydrogens is 258 g/mol. The molecule has 20 heavy (non-hydrogen) atoms. The molecule has 2 aliphatic rings. The van der Waals surface area contributed by atoms with Gasteiger partial charge >= 0.3 is 5.97 Å². The van der Waals surface area contributed by atoms with Gasteiger partial charge in [0.15, 0.2) is 0 Å². The molecule has 2 fully saturated rings. The fourth-order valence-electron chi connectivity index (χ4n) is 2.76. The van der Waals surface area contributed by atoms with Gasteiger partial charge in [-0.3, -0.25) is 9.59 Å². The Balaban J connectivity index is 1.78. The maximum absolute atomic E-state index is 12.1. The van der Waals surface area contributed by atoms with E-state index in [9.17, 15) is 9.59 Å². The van der Waals surface area contributed by atoms with E-state index >= 15 is 0 Å². The number of ether oxygens (including phenoxy) is 1. The molecule has 114 valence electrons. The van der Waals surface area contributed by atoms with Crippen LogP contribution < -0.4 is 5.32 Å². The number of carbonyl (C=O) groups is 2. The van der Waals surface area contributed by atoms with Crippen molar-refractivity contribution in [2.24, 2.45) is 5.41 Å². The molecule has 1 amide bonds. The van der Waals surface area contributed by atoms with Crippen molar-refractivity contribution in [1.82, 2.24) is 5.32 Å². The first-order valence-electron chi connectivity index (χ1n) is 7.74. The van der Waals surface area contributed by atoms with Crippen LogP contribution >= 0.6 is 0 Å². The van der Waals surface area contributed by atoms with E-state index in [4.69, 9.17) is 9.84 Å². The van der Waals surface area contributed by atoms with Crippen molar-refractivity contribution in [1.29, 1.82) is 0 Å². The summed E-state index contributed by atoms with van der Waals surface area (Å²) in [5, 5.41) is 11.9. The largest absolute Gasteiger partial charge is 0.481 e. The Bertz CT molecular complexity index is 359. The highest BCUT2D eigenvalue weighted by molar-refractivity contribution is 5.83. The van der Waals surface area contributed by atoms with E-state index in [0.717, 1.165) is 12.8 Å². The van der Waals surface area contributed by atoms with Gasteiger partial charge in [-0.2, -0.15) is 0 Å². The fraction of sp³-hybridized carbons (Fsp3) is 0.867. The summed E-state index contributed by atoms with van der Waals surface area (Å²) < 4.78 is 5.89. The molecule has 1 atom stereocenters. The van der Waals surface area contributed by atoms with Gasteiger partial charge in [0.25, 0.3) is 0 Å². The van der Waals surface area contributed by atoms with Gasteiger partial charge in [-0.1, -0.05) is 26.2 Å². The van der Waals surface area contributed by atoms with E-state index in [0.29, 0.717) is 19.3 Å². The Kier molecular flexibility index (Phi) is 5.02. The first-order valence-corrected chi connectivity index (χ1v) is 7.74. The summed E-state index contributed by atoms with van der Waals surface area (Å²) in [5.41, 5.74) is -0.710. The maximum atomic E-state index is 12.1. The van der Waals surface area contributed by atoms with E-state index in [1.165, 1.54) is 19.3 Å². The number of carbonyl (C=O) groups excluding carboxylic acids is 1. The standard InChI is InChI=1S/C15H25NO4/c1-2-12(20-11-6-4-3-5-7-11)13(17)16-10-15(8-9-15)14(18)19/h11-12H,2-10H2,1H3,(H,16,17)(H,18,19). The van der Waals surface area contributed by atoms with Crippen molar-refractivity contribution >= 4 is 11.9 Å². The highest BCUT2D eigenvalue weighted by Gasteiger charge is 2.50. The minimum Gasteiger partial charge on any atom is -0.481 e. The van der Waals surface area contributed by atoms with Crippen molar-refractivity contribution < 1.29 is 19.4 Å². The summed E-state index contributed by atoms with van der Waals surface area (Å²) in [7, 11) is 0. The van der Waals surface area contributed by atoms with Gasteiger partial charge in [0, 0.05) is 6.54 Å². The van der Waals surface area contributed by atoms with E-state index in [2.05, 4.69) is 5.32 Å². The highest BCUT2D eigenvalue weighted by Crippen LogP contribution is 2.45. The lowest BCUT2D eigenvalue weighted by atomic mass is 9.97. The number of hydrogen-bond acceptors (Lipinski definition) is 3. The van der Waals surface area contributed by atoms with Crippen LogP contribution in [0.3, 0.4) is 0 Å².